The number of hydrogen-bond acceptors (Lipinski definition) is 5. The number of thiazole rings is 1. The Morgan fingerprint density at radius 1 is 1.09 bits per heavy atom. The van der Waals surface area contributed by atoms with Crippen molar-refractivity contribution in [2.45, 2.75) is 11.5 Å². The van der Waals surface area contributed by atoms with Crippen molar-refractivity contribution < 1.29 is 4.79 Å². The van der Waals surface area contributed by atoms with Crippen molar-refractivity contribution in [1.29, 1.82) is 0 Å². The number of carbonyl (C=O) groups excluding carboxylic acids is 1. The SMILES string of the molecule is NC(=O)c1ccc(-c2nc(CSCc3ccccn3)cs2)cc1. The first-order valence-corrected chi connectivity index (χ1v) is 9.08. The summed E-state index contributed by atoms with van der Waals surface area (Å²) in [6.07, 6.45) is 1.81. The number of rotatable bonds is 6. The number of carbonyl (C=O) groups is 1. The molecule has 2 aromatic heterocycles. The minimum absolute atomic E-state index is 0.415. The molecular formula is C17H15N3OS2. The highest BCUT2D eigenvalue weighted by molar-refractivity contribution is 7.97. The summed E-state index contributed by atoms with van der Waals surface area (Å²) in [4.78, 5) is 20.0. The van der Waals surface area contributed by atoms with Gasteiger partial charge < -0.3 is 5.73 Å². The van der Waals surface area contributed by atoms with Crippen LogP contribution in [0.5, 0.6) is 0 Å². The molecule has 0 aliphatic rings. The molecule has 0 spiro atoms. The lowest BCUT2D eigenvalue weighted by molar-refractivity contribution is 0.100. The van der Waals surface area contributed by atoms with Gasteiger partial charge in [0.2, 0.25) is 5.91 Å². The topological polar surface area (TPSA) is 68.9 Å². The predicted molar refractivity (Wildman–Crippen MR) is 95.3 cm³/mol. The summed E-state index contributed by atoms with van der Waals surface area (Å²) in [5.41, 5.74) is 8.90. The zero-order valence-electron chi connectivity index (χ0n) is 12.3. The number of aromatic nitrogens is 2. The predicted octanol–water partition coefficient (Wildman–Crippen LogP) is 3.74. The van der Waals surface area contributed by atoms with Gasteiger partial charge >= 0.3 is 0 Å². The second-order valence-corrected chi connectivity index (χ2v) is 6.74. The molecule has 3 rings (SSSR count). The van der Waals surface area contributed by atoms with E-state index in [0.29, 0.717) is 5.56 Å². The first kappa shape index (κ1) is 15.7. The molecule has 2 heterocycles. The summed E-state index contributed by atoms with van der Waals surface area (Å²) >= 11 is 3.40. The number of thioether (sulfide) groups is 1. The standard InChI is InChI=1S/C17H15N3OS2/c18-16(21)12-4-6-13(7-5-12)17-20-15(11-23-17)10-22-9-14-3-1-2-8-19-14/h1-8,11H,9-10H2,(H2,18,21). The Morgan fingerprint density at radius 2 is 1.87 bits per heavy atom. The van der Waals surface area contributed by atoms with Crippen molar-refractivity contribution in [1.82, 2.24) is 9.97 Å². The Labute approximate surface area is 142 Å². The van der Waals surface area contributed by atoms with Gasteiger partial charge in [0.25, 0.3) is 0 Å². The van der Waals surface area contributed by atoms with Crippen LogP contribution in [0.3, 0.4) is 0 Å². The third kappa shape index (κ3) is 4.18. The van der Waals surface area contributed by atoms with Crippen LogP contribution in [0.1, 0.15) is 21.7 Å². The fourth-order valence-corrected chi connectivity index (χ4v) is 3.80. The van der Waals surface area contributed by atoms with E-state index < -0.39 is 5.91 Å². The van der Waals surface area contributed by atoms with Crippen molar-refractivity contribution in [2.24, 2.45) is 5.73 Å². The van der Waals surface area contributed by atoms with Gasteiger partial charge in [-0.3, -0.25) is 9.78 Å². The molecule has 23 heavy (non-hydrogen) atoms. The van der Waals surface area contributed by atoms with E-state index in [1.165, 1.54) is 0 Å². The third-order valence-corrected chi connectivity index (χ3v) is 5.13. The highest BCUT2D eigenvalue weighted by atomic mass is 32.2. The zero-order chi connectivity index (χ0) is 16.1. The maximum Gasteiger partial charge on any atom is 0.248 e. The maximum absolute atomic E-state index is 11.1. The van der Waals surface area contributed by atoms with Crippen LogP contribution < -0.4 is 5.73 Å². The van der Waals surface area contributed by atoms with E-state index in [4.69, 9.17) is 5.73 Å². The molecule has 2 N–H and O–H groups in total. The number of amides is 1. The van der Waals surface area contributed by atoms with Crippen LogP contribution in [0.25, 0.3) is 10.6 Å². The summed E-state index contributed by atoms with van der Waals surface area (Å²) in [7, 11) is 0. The van der Waals surface area contributed by atoms with Crippen LogP contribution in [-0.4, -0.2) is 15.9 Å². The Balaban J connectivity index is 1.60. The maximum atomic E-state index is 11.1. The van der Waals surface area contributed by atoms with Crippen molar-refractivity contribution in [3.8, 4) is 10.6 Å². The second-order valence-electron chi connectivity index (χ2n) is 4.90. The van der Waals surface area contributed by atoms with Crippen molar-refractivity contribution in [3.63, 3.8) is 0 Å². The molecule has 0 aliphatic heterocycles. The second kappa shape index (κ2) is 7.39. The molecule has 0 bridgehead atoms. The number of nitrogens with zero attached hydrogens (tertiary/aromatic N) is 2. The molecule has 0 aliphatic carbocycles. The van der Waals surface area contributed by atoms with Crippen molar-refractivity contribution >= 4 is 29.0 Å². The summed E-state index contributed by atoms with van der Waals surface area (Å²) in [5, 5.41) is 3.03. The molecule has 1 aromatic carbocycles. The fraction of sp³-hybridized carbons (Fsp3) is 0.118. The average molecular weight is 341 g/mol. The quantitative estimate of drug-likeness (QED) is 0.741. The van der Waals surface area contributed by atoms with Gasteiger partial charge in [0.15, 0.2) is 0 Å². The van der Waals surface area contributed by atoms with E-state index in [-0.39, 0.29) is 0 Å². The highest BCUT2D eigenvalue weighted by Gasteiger charge is 2.07. The van der Waals surface area contributed by atoms with Crippen LogP contribution in [0, 0.1) is 0 Å². The smallest absolute Gasteiger partial charge is 0.248 e. The number of nitrogens with two attached hydrogens (primary N) is 1. The summed E-state index contributed by atoms with van der Waals surface area (Å²) in [6, 6.07) is 13.2. The number of hydrogen-bond donors (Lipinski definition) is 1. The lowest BCUT2D eigenvalue weighted by Crippen LogP contribution is -2.10. The van der Waals surface area contributed by atoms with Crippen LogP contribution in [0.15, 0.2) is 54.0 Å². The Bertz CT molecular complexity index is 785. The van der Waals surface area contributed by atoms with Crippen LogP contribution in [0.4, 0.5) is 0 Å². The number of benzene rings is 1. The van der Waals surface area contributed by atoms with Gasteiger partial charge in [-0.2, -0.15) is 0 Å². The lowest BCUT2D eigenvalue weighted by atomic mass is 10.1. The van der Waals surface area contributed by atoms with E-state index in [1.807, 2.05) is 36.5 Å². The van der Waals surface area contributed by atoms with Gasteiger partial charge in [0.1, 0.15) is 5.01 Å². The minimum Gasteiger partial charge on any atom is -0.366 e. The Kier molecular flexibility index (Phi) is 5.05. The molecule has 0 saturated carbocycles. The molecule has 0 atom stereocenters. The molecular weight excluding hydrogens is 326 g/mol. The normalized spacial score (nSPS) is 10.6. The molecule has 6 heteroatoms. The van der Waals surface area contributed by atoms with Crippen LogP contribution >= 0.6 is 23.1 Å². The van der Waals surface area contributed by atoms with E-state index in [0.717, 1.165) is 33.5 Å². The Morgan fingerprint density at radius 3 is 2.57 bits per heavy atom. The number of pyridine rings is 1. The molecule has 4 nitrogen and oxygen atoms in total. The van der Waals surface area contributed by atoms with Crippen molar-refractivity contribution in [3.05, 3.63) is 71.0 Å². The molecule has 1 amide bonds. The average Bonchev–Trinajstić information content (AvgIpc) is 3.05. The first-order valence-electron chi connectivity index (χ1n) is 7.04. The lowest BCUT2D eigenvalue weighted by Gasteiger charge is -1.99. The van der Waals surface area contributed by atoms with E-state index in [9.17, 15) is 4.79 Å². The van der Waals surface area contributed by atoms with Crippen LogP contribution in [-0.2, 0) is 11.5 Å². The Hall–Kier alpha value is -2.18. The van der Waals surface area contributed by atoms with Gasteiger partial charge in [-0.1, -0.05) is 18.2 Å². The van der Waals surface area contributed by atoms with Gasteiger partial charge in [-0.05, 0) is 24.3 Å². The number of primary amides is 1. The minimum atomic E-state index is -0.415. The van der Waals surface area contributed by atoms with E-state index in [1.54, 1.807) is 35.2 Å². The molecule has 0 saturated heterocycles. The van der Waals surface area contributed by atoms with Gasteiger partial charge in [0.05, 0.1) is 11.4 Å². The third-order valence-electron chi connectivity index (χ3n) is 3.19. The summed E-state index contributed by atoms with van der Waals surface area (Å²) in [6.45, 7) is 0. The van der Waals surface area contributed by atoms with Gasteiger partial charge in [-0.25, -0.2) is 4.98 Å². The van der Waals surface area contributed by atoms with Crippen molar-refractivity contribution in [2.75, 3.05) is 0 Å². The molecule has 116 valence electrons. The first-order chi connectivity index (χ1) is 11.2. The molecule has 0 radical (unpaired) electrons. The molecule has 0 fully saturated rings. The zero-order valence-corrected chi connectivity index (χ0v) is 13.9. The molecule has 3 aromatic rings. The van der Waals surface area contributed by atoms with Gasteiger partial charge in [0, 0.05) is 34.2 Å². The van der Waals surface area contributed by atoms with E-state index >= 15 is 0 Å². The van der Waals surface area contributed by atoms with Crippen LogP contribution in [0.2, 0.25) is 0 Å². The summed E-state index contributed by atoms with van der Waals surface area (Å²) in [5.74, 6) is 1.32. The monoisotopic (exact) mass is 341 g/mol. The fourth-order valence-electron chi connectivity index (χ4n) is 2.03. The highest BCUT2D eigenvalue weighted by Crippen LogP contribution is 2.26. The van der Waals surface area contributed by atoms with E-state index in [2.05, 4.69) is 15.3 Å². The molecule has 0 unspecified atom stereocenters. The largest absolute Gasteiger partial charge is 0.366 e. The summed E-state index contributed by atoms with van der Waals surface area (Å²) < 4.78 is 0. The van der Waals surface area contributed by atoms with Gasteiger partial charge in [-0.15, -0.1) is 23.1 Å².